The molecule has 0 heterocycles. The fourth-order valence-electron chi connectivity index (χ4n) is 1.84. The quantitative estimate of drug-likeness (QED) is 0.733. The Kier molecular flexibility index (Phi) is 6.15. The molecule has 0 radical (unpaired) electrons. The van der Waals surface area contributed by atoms with Crippen LogP contribution in [-0.4, -0.2) is 6.09 Å². The van der Waals surface area contributed by atoms with Crippen LogP contribution in [-0.2, 0) is 6.42 Å². The molecule has 1 amide bonds. The zero-order chi connectivity index (χ0) is 12.5. The molecule has 0 aliphatic carbocycles. The van der Waals surface area contributed by atoms with Crippen LogP contribution in [0.2, 0.25) is 0 Å². The van der Waals surface area contributed by atoms with E-state index in [0.29, 0.717) is 5.75 Å². The van der Waals surface area contributed by atoms with Gasteiger partial charge in [-0.3, -0.25) is 0 Å². The lowest BCUT2D eigenvalue weighted by Crippen LogP contribution is -2.17. The molecule has 17 heavy (non-hydrogen) atoms. The third-order valence-corrected chi connectivity index (χ3v) is 2.73. The van der Waals surface area contributed by atoms with E-state index in [1.54, 1.807) is 6.07 Å². The van der Waals surface area contributed by atoms with Crippen LogP contribution in [0.4, 0.5) is 4.79 Å². The maximum atomic E-state index is 10.7. The van der Waals surface area contributed by atoms with Gasteiger partial charge in [-0.25, -0.2) is 4.79 Å². The van der Waals surface area contributed by atoms with Crippen molar-refractivity contribution in [3.05, 3.63) is 29.8 Å². The third kappa shape index (κ3) is 5.38. The van der Waals surface area contributed by atoms with Gasteiger partial charge >= 0.3 is 6.09 Å². The number of para-hydroxylation sites is 1. The molecule has 0 aliphatic rings. The van der Waals surface area contributed by atoms with E-state index < -0.39 is 6.09 Å². The third-order valence-electron chi connectivity index (χ3n) is 2.73. The number of aryl methyl sites for hydroxylation is 1. The Labute approximate surface area is 103 Å². The van der Waals surface area contributed by atoms with Crippen LogP contribution < -0.4 is 10.5 Å². The first-order chi connectivity index (χ1) is 8.24. The lowest BCUT2D eigenvalue weighted by Gasteiger charge is -2.08. The second-order valence-corrected chi connectivity index (χ2v) is 4.19. The molecule has 0 spiro atoms. The molecule has 94 valence electrons. The first-order valence-electron chi connectivity index (χ1n) is 6.29. The number of primary amides is 1. The average Bonchev–Trinajstić information content (AvgIpc) is 2.30. The normalized spacial score (nSPS) is 10.2. The Bertz CT molecular complexity index is 350. The van der Waals surface area contributed by atoms with Crippen molar-refractivity contribution in [3.63, 3.8) is 0 Å². The summed E-state index contributed by atoms with van der Waals surface area (Å²) in [6.45, 7) is 2.20. The highest BCUT2D eigenvalue weighted by Crippen LogP contribution is 2.20. The highest BCUT2D eigenvalue weighted by molar-refractivity contribution is 5.68. The monoisotopic (exact) mass is 235 g/mol. The van der Waals surface area contributed by atoms with E-state index in [4.69, 9.17) is 10.5 Å². The van der Waals surface area contributed by atoms with Crippen molar-refractivity contribution >= 4 is 6.09 Å². The van der Waals surface area contributed by atoms with Crippen LogP contribution >= 0.6 is 0 Å². The van der Waals surface area contributed by atoms with Crippen LogP contribution in [0.15, 0.2) is 24.3 Å². The fraction of sp³-hybridized carbons (Fsp3) is 0.500. The number of ether oxygens (including phenoxy) is 1. The molecular weight excluding hydrogens is 214 g/mol. The molecule has 0 aromatic heterocycles. The van der Waals surface area contributed by atoms with E-state index in [-0.39, 0.29) is 0 Å². The molecule has 3 nitrogen and oxygen atoms in total. The van der Waals surface area contributed by atoms with Gasteiger partial charge < -0.3 is 10.5 Å². The largest absolute Gasteiger partial charge is 0.410 e. The van der Waals surface area contributed by atoms with Crippen molar-refractivity contribution in [2.45, 2.75) is 45.4 Å². The molecule has 1 aromatic rings. The van der Waals surface area contributed by atoms with E-state index in [1.165, 1.54) is 25.7 Å². The zero-order valence-electron chi connectivity index (χ0n) is 10.4. The topological polar surface area (TPSA) is 52.3 Å². The molecule has 0 aliphatic heterocycles. The van der Waals surface area contributed by atoms with Crippen molar-refractivity contribution in [2.75, 3.05) is 0 Å². The van der Waals surface area contributed by atoms with E-state index in [0.717, 1.165) is 18.4 Å². The van der Waals surface area contributed by atoms with Gasteiger partial charge in [0, 0.05) is 0 Å². The molecule has 0 fully saturated rings. The predicted molar refractivity (Wildman–Crippen MR) is 69.1 cm³/mol. The van der Waals surface area contributed by atoms with Crippen LogP contribution in [0.5, 0.6) is 5.75 Å². The van der Waals surface area contributed by atoms with Gasteiger partial charge in [0.2, 0.25) is 0 Å². The Hall–Kier alpha value is -1.51. The van der Waals surface area contributed by atoms with Crippen LogP contribution in [0.25, 0.3) is 0 Å². The standard InChI is InChI=1S/C14H21NO2/c1-2-3-4-5-6-9-12-10-7-8-11-13(12)17-14(15)16/h7-8,10-11H,2-6,9H2,1H3,(H2,15,16). The predicted octanol–water partition coefficient (Wildman–Crippen LogP) is 3.66. The van der Waals surface area contributed by atoms with Crippen molar-refractivity contribution in [3.8, 4) is 5.75 Å². The van der Waals surface area contributed by atoms with Gasteiger partial charge in [-0.1, -0.05) is 50.8 Å². The summed E-state index contributed by atoms with van der Waals surface area (Å²) in [4.78, 5) is 10.7. The number of benzene rings is 1. The van der Waals surface area contributed by atoms with Gasteiger partial charge in [0.1, 0.15) is 5.75 Å². The van der Waals surface area contributed by atoms with Gasteiger partial charge in [0.05, 0.1) is 0 Å². The maximum Gasteiger partial charge on any atom is 0.409 e. The number of hydrogen-bond donors (Lipinski definition) is 1. The van der Waals surface area contributed by atoms with Crippen LogP contribution in [0.1, 0.15) is 44.6 Å². The summed E-state index contributed by atoms with van der Waals surface area (Å²) in [5.74, 6) is 0.593. The minimum Gasteiger partial charge on any atom is -0.410 e. The number of carbonyl (C=O) groups excluding carboxylic acids is 1. The maximum absolute atomic E-state index is 10.7. The number of rotatable bonds is 7. The smallest absolute Gasteiger partial charge is 0.409 e. The van der Waals surface area contributed by atoms with Crippen molar-refractivity contribution in [1.29, 1.82) is 0 Å². The van der Waals surface area contributed by atoms with Crippen molar-refractivity contribution in [2.24, 2.45) is 5.73 Å². The van der Waals surface area contributed by atoms with Gasteiger partial charge in [0.25, 0.3) is 0 Å². The highest BCUT2D eigenvalue weighted by Gasteiger charge is 2.05. The first kappa shape index (κ1) is 13.6. The molecule has 2 N–H and O–H groups in total. The average molecular weight is 235 g/mol. The first-order valence-corrected chi connectivity index (χ1v) is 6.29. The number of nitrogens with two attached hydrogens (primary N) is 1. The second-order valence-electron chi connectivity index (χ2n) is 4.19. The molecule has 0 bridgehead atoms. The molecule has 0 saturated heterocycles. The van der Waals surface area contributed by atoms with E-state index in [2.05, 4.69) is 6.92 Å². The summed E-state index contributed by atoms with van der Waals surface area (Å²) in [5.41, 5.74) is 6.08. The molecule has 0 saturated carbocycles. The number of hydrogen-bond acceptors (Lipinski definition) is 2. The minimum absolute atomic E-state index is 0.593. The van der Waals surface area contributed by atoms with Gasteiger partial charge in [-0.05, 0) is 24.5 Å². The van der Waals surface area contributed by atoms with Crippen LogP contribution in [0, 0.1) is 0 Å². The lowest BCUT2D eigenvalue weighted by molar-refractivity contribution is 0.210. The zero-order valence-corrected chi connectivity index (χ0v) is 10.4. The molecule has 1 rings (SSSR count). The van der Waals surface area contributed by atoms with Crippen molar-refractivity contribution in [1.82, 2.24) is 0 Å². The number of carbonyl (C=O) groups is 1. The Morgan fingerprint density at radius 2 is 1.88 bits per heavy atom. The molecule has 0 atom stereocenters. The second kappa shape index (κ2) is 7.71. The highest BCUT2D eigenvalue weighted by atomic mass is 16.5. The van der Waals surface area contributed by atoms with Gasteiger partial charge in [0.15, 0.2) is 0 Å². The summed E-state index contributed by atoms with van der Waals surface area (Å²) >= 11 is 0. The summed E-state index contributed by atoms with van der Waals surface area (Å²) in [7, 11) is 0. The molecule has 0 unspecified atom stereocenters. The fourth-order valence-corrected chi connectivity index (χ4v) is 1.84. The lowest BCUT2D eigenvalue weighted by atomic mass is 10.0. The van der Waals surface area contributed by atoms with E-state index in [9.17, 15) is 4.79 Å². The SMILES string of the molecule is CCCCCCCc1ccccc1OC(N)=O. The summed E-state index contributed by atoms with van der Waals surface area (Å²) < 4.78 is 4.96. The van der Waals surface area contributed by atoms with Gasteiger partial charge in [-0.2, -0.15) is 0 Å². The molecular formula is C14H21NO2. The summed E-state index contributed by atoms with van der Waals surface area (Å²) in [5, 5.41) is 0. The van der Waals surface area contributed by atoms with Crippen LogP contribution in [0.3, 0.4) is 0 Å². The molecule has 3 heteroatoms. The van der Waals surface area contributed by atoms with Crippen molar-refractivity contribution < 1.29 is 9.53 Å². The van der Waals surface area contributed by atoms with E-state index in [1.807, 2.05) is 18.2 Å². The summed E-state index contributed by atoms with van der Waals surface area (Å²) in [6, 6.07) is 7.57. The minimum atomic E-state index is -0.747. The number of unbranched alkanes of at least 4 members (excludes halogenated alkanes) is 4. The van der Waals surface area contributed by atoms with Gasteiger partial charge in [-0.15, -0.1) is 0 Å². The molecule has 1 aromatic carbocycles. The Morgan fingerprint density at radius 1 is 1.18 bits per heavy atom. The Balaban J connectivity index is 2.43. The Morgan fingerprint density at radius 3 is 2.59 bits per heavy atom. The number of amides is 1. The van der Waals surface area contributed by atoms with E-state index >= 15 is 0 Å². The summed E-state index contributed by atoms with van der Waals surface area (Å²) in [6.07, 6.45) is 6.35.